The number of hydrogen-bond donors (Lipinski definition) is 1. The van der Waals surface area contributed by atoms with Gasteiger partial charge in [0.15, 0.2) is 0 Å². The molecule has 0 aromatic heterocycles. The lowest BCUT2D eigenvalue weighted by molar-refractivity contribution is -0.385. The Balaban J connectivity index is 1.80. The maximum atomic E-state index is 12.7. The molecule has 0 spiro atoms. The highest BCUT2D eigenvalue weighted by Crippen LogP contribution is 2.27. The smallest absolute Gasteiger partial charge is 0.274 e. The summed E-state index contributed by atoms with van der Waals surface area (Å²) in [4.78, 5) is 23.4. The summed E-state index contributed by atoms with van der Waals surface area (Å²) >= 11 is 5.88. The lowest BCUT2D eigenvalue weighted by atomic mass is 10.1. The molecule has 0 saturated carbocycles. The molecular weight excluding hydrogens is 408 g/mol. The average Bonchev–Trinajstić information content (AvgIpc) is 2.74. The summed E-state index contributed by atoms with van der Waals surface area (Å²) < 4.78 is 11.1. The van der Waals surface area contributed by atoms with Gasteiger partial charge in [-0.15, -0.1) is 0 Å². The molecule has 0 saturated heterocycles. The summed E-state index contributed by atoms with van der Waals surface area (Å²) in [5, 5.41) is 14.4. The SMILES string of the molecule is COc1ccc(C(=O)Nc2cccc([N+](=O)[O-])c2C)cc1COc1ccc(Cl)cc1. The van der Waals surface area contributed by atoms with Crippen LogP contribution in [0.3, 0.4) is 0 Å². The number of benzene rings is 3. The van der Waals surface area contributed by atoms with Gasteiger partial charge >= 0.3 is 0 Å². The summed E-state index contributed by atoms with van der Waals surface area (Å²) in [5.41, 5.74) is 1.76. The Labute approximate surface area is 178 Å². The number of methoxy groups -OCH3 is 1. The van der Waals surface area contributed by atoms with Crippen molar-refractivity contribution in [3.05, 3.63) is 92.5 Å². The summed E-state index contributed by atoms with van der Waals surface area (Å²) in [6.45, 7) is 1.77. The monoisotopic (exact) mass is 426 g/mol. The summed E-state index contributed by atoms with van der Waals surface area (Å²) in [6, 6.07) is 16.4. The fraction of sp³-hybridized carbons (Fsp3) is 0.136. The van der Waals surface area contributed by atoms with Gasteiger partial charge in [-0.1, -0.05) is 17.7 Å². The van der Waals surface area contributed by atoms with Gasteiger partial charge in [-0.2, -0.15) is 0 Å². The molecule has 0 unspecified atom stereocenters. The fourth-order valence-corrected chi connectivity index (χ4v) is 3.00. The fourth-order valence-electron chi connectivity index (χ4n) is 2.88. The Hall–Kier alpha value is -3.58. The van der Waals surface area contributed by atoms with Crippen molar-refractivity contribution >= 4 is 28.9 Å². The first kappa shape index (κ1) is 21.1. The van der Waals surface area contributed by atoms with Crippen LogP contribution in [-0.4, -0.2) is 17.9 Å². The lowest BCUT2D eigenvalue weighted by Crippen LogP contribution is -2.14. The summed E-state index contributed by atoms with van der Waals surface area (Å²) in [7, 11) is 1.54. The molecule has 8 heteroatoms. The molecule has 0 aliphatic rings. The first-order chi connectivity index (χ1) is 14.4. The number of nitrogens with zero attached hydrogens (tertiary/aromatic N) is 1. The van der Waals surface area contributed by atoms with E-state index in [2.05, 4.69) is 5.32 Å². The topological polar surface area (TPSA) is 90.7 Å². The van der Waals surface area contributed by atoms with Gasteiger partial charge in [0, 0.05) is 22.2 Å². The minimum absolute atomic E-state index is 0.0559. The molecule has 0 heterocycles. The number of carbonyl (C=O) groups is 1. The number of nitro groups is 1. The maximum absolute atomic E-state index is 12.7. The first-order valence-corrected chi connectivity index (χ1v) is 9.37. The van der Waals surface area contributed by atoms with Gasteiger partial charge in [0.2, 0.25) is 0 Å². The highest BCUT2D eigenvalue weighted by Gasteiger charge is 2.16. The van der Waals surface area contributed by atoms with E-state index in [4.69, 9.17) is 21.1 Å². The van der Waals surface area contributed by atoms with E-state index >= 15 is 0 Å². The third-order valence-corrected chi connectivity index (χ3v) is 4.75. The summed E-state index contributed by atoms with van der Waals surface area (Å²) in [5.74, 6) is 0.810. The number of carbonyl (C=O) groups excluding carboxylic acids is 1. The van der Waals surface area contributed by atoms with Crippen LogP contribution in [0, 0.1) is 17.0 Å². The maximum Gasteiger partial charge on any atom is 0.274 e. The quantitative estimate of drug-likeness (QED) is 0.403. The van der Waals surface area contributed by atoms with Crippen LogP contribution >= 0.6 is 11.6 Å². The highest BCUT2D eigenvalue weighted by molar-refractivity contribution is 6.30. The van der Waals surface area contributed by atoms with Gasteiger partial charge in [0.05, 0.1) is 23.3 Å². The highest BCUT2D eigenvalue weighted by atomic mass is 35.5. The second-order valence-corrected chi connectivity index (χ2v) is 6.87. The van der Waals surface area contributed by atoms with E-state index in [0.717, 1.165) is 0 Å². The van der Waals surface area contributed by atoms with Gasteiger partial charge < -0.3 is 14.8 Å². The van der Waals surface area contributed by atoms with E-state index < -0.39 is 10.8 Å². The number of amides is 1. The van der Waals surface area contributed by atoms with Crippen molar-refractivity contribution in [2.75, 3.05) is 12.4 Å². The van der Waals surface area contributed by atoms with Gasteiger partial charge in [-0.25, -0.2) is 0 Å². The zero-order valence-corrected chi connectivity index (χ0v) is 17.1. The third-order valence-electron chi connectivity index (χ3n) is 4.50. The molecule has 3 rings (SSSR count). The molecular formula is C22H19ClN2O5. The zero-order valence-electron chi connectivity index (χ0n) is 16.3. The van der Waals surface area contributed by atoms with Crippen LogP contribution in [-0.2, 0) is 6.61 Å². The summed E-state index contributed by atoms with van der Waals surface area (Å²) in [6.07, 6.45) is 0. The Kier molecular flexibility index (Phi) is 6.54. The third kappa shape index (κ3) is 4.87. The molecule has 0 radical (unpaired) electrons. The predicted molar refractivity (Wildman–Crippen MR) is 115 cm³/mol. The molecule has 0 fully saturated rings. The minimum Gasteiger partial charge on any atom is -0.496 e. The zero-order chi connectivity index (χ0) is 21.7. The van der Waals surface area contributed by atoms with E-state index in [1.165, 1.54) is 19.2 Å². The van der Waals surface area contributed by atoms with Crippen LogP contribution in [0.5, 0.6) is 11.5 Å². The van der Waals surface area contributed by atoms with Crippen LogP contribution in [0.25, 0.3) is 0 Å². The number of nitrogens with one attached hydrogen (secondary N) is 1. The second kappa shape index (κ2) is 9.28. The molecule has 1 amide bonds. The molecule has 7 nitrogen and oxygen atoms in total. The number of hydrogen-bond acceptors (Lipinski definition) is 5. The first-order valence-electron chi connectivity index (χ1n) is 8.99. The lowest BCUT2D eigenvalue weighted by Gasteiger charge is -2.13. The van der Waals surface area contributed by atoms with Crippen molar-refractivity contribution in [1.29, 1.82) is 0 Å². The number of nitro benzene ring substituents is 1. The van der Waals surface area contributed by atoms with Gasteiger partial charge in [0.1, 0.15) is 18.1 Å². The number of halogens is 1. The molecule has 1 N–H and O–H groups in total. The van der Waals surface area contributed by atoms with E-state index in [-0.39, 0.29) is 12.3 Å². The standard InChI is InChI=1S/C22H19ClN2O5/c1-14-19(4-3-5-20(14)25(27)28)24-22(26)15-6-11-21(29-2)16(12-15)13-30-18-9-7-17(23)8-10-18/h3-12H,13H2,1-2H3,(H,24,26). The molecule has 3 aromatic carbocycles. The molecule has 3 aromatic rings. The number of ether oxygens (including phenoxy) is 2. The van der Waals surface area contributed by atoms with Crippen molar-refractivity contribution < 1.29 is 19.2 Å². The van der Waals surface area contributed by atoms with Crippen LogP contribution in [0.2, 0.25) is 5.02 Å². The van der Waals surface area contributed by atoms with Crippen molar-refractivity contribution in [2.45, 2.75) is 13.5 Å². The Morgan fingerprint density at radius 2 is 1.87 bits per heavy atom. The van der Waals surface area contributed by atoms with Gasteiger partial charge in [-0.05, 0) is 55.5 Å². The molecule has 0 atom stereocenters. The van der Waals surface area contributed by atoms with E-state index in [1.807, 2.05) is 0 Å². The Bertz CT molecular complexity index is 1080. The van der Waals surface area contributed by atoms with Crippen LogP contribution < -0.4 is 14.8 Å². The van der Waals surface area contributed by atoms with Gasteiger partial charge in [0.25, 0.3) is 11.6 Å². The normalized spacial score (nSPS) is 10.4. The van der Waals surface area contributed by atoms with E-state index in [0.29, 0.717) is 38.9 Å². The van der Waals surface area contributed by atoms with Crippen LogP contribution in [0.4, 0.5) is 11.4 Å². The van der Waals surface area contributed by atoms with Gasteiger partial charge in [-0.3, -0.25) is 14.9 Å². The van der Waals surface area contributed by atoms with Crippen molar-refractivity contribution in [2.24, 2.45) is 0 Å². The molecule has 154 valence electrons. The average molecular weight is 427 g/mol. The molecule has 30 heavy (non-hydrogen) atoms. The van der Waals surface area contributed by atoms with E-state index in [9.17, 15) is 14.9 Å². The molecule has 0 bridgehead atoms. The van der Waals surface area contributed by atoms with Crippen LogP contribution in [0.1, 0.15) is 21.5 Å². The van der Waals surface area contributed by atoms with Crippen LogP contribution in [0.15, 0.2) is 60.7 Å². The second-order valence-electron chi connectivity index (χ2n) is 6.43. The van der Waals surface area contributed by atoms with Crippen molar-refractivity contribution in [1.82, 2.24) is 0 Å². The Morgan fingerprint density at radius 1 is 1.13 bits per heavy atom. The van der Waals surface area contributed by atoms with Crippen molar-refractivity contribution in [3.63, 3.8) is 0 Å². The number of rotatable bonds is 7. The molecule has 0 aliphatic carbocycles. The Morgan fingerprint density at radius 3 is 2.53 bits per heavy atom. The number of anilines is 1. The predicted octanol–water partition coefficient (Wildman–Crippen LogP) is 5.40. The minimum atomic E-state index is -0.482. The van der Waals surface area contributed by atoms with E-state index in [1.54, 1.807) is 55.5 Å². The van der Waals surface area contributed by atoms with Crippen molar-refractivity contribution in [3.8, 4) is 11.5 Å². The molecule has 0 aliphatic heterocycles. The largest absolute Gasteiger partial charge is 0.496 e.